The first-order chi connectivity index (χ1) is 18.3. The molecule has 0 fully saturated rings. The molecule has 0 spiro atoms. The van der Waals surface area contributed by atoms with Crippen molar-refractivity contribution in [3.8, 4) is 11.1 Å². The molecule has 0 aromatic heterocycles. The molecule has 0 saturated heterocycles. The van der Waals surface area contributed by atoms with Crippen LogP contribution >= 0.6 is 0 Å². The van der Waals surface area contributed by atoms with Gasteiger partial charge in [0.1, 0.15) is 12.6 Å². The van der Waals surface area contributed by atoms with Crippen LogP contribution in [0.1, 0.15) is 11.1 Å². The minimum Gasteiger partial charge on any atom is -0.445 e. The number of anilines is 1. The Morgan fingerprint density at radius 2 is 1.34 bits per heavy atom. The zero-order chi connectivity index (χ0) is 27.0. The lowest BCUT2D eigenvalue weighted by Crippen LogP contribution is -2.45. The van der Waals surface area contributed by atoms with Gasteiger partial charge in [0.15, 0.2) is 9.84 Å². The SMILES string of the molecule is CS(=O)(=O)c1ccccc1-c1ccc(NC(=O)C(Cc2ccccc2)NC(=O)OCc2ccccc2)cc1. The number of carbonyl (C=O) groups is 2. The molecule has 4 aromatic rings. The second kappa shape index (κ2) is 12.2. The molecule has 2 amide bonds. The molecule has 194 valence electrons. The van der Waals surface area contributed by atoms with E-state index in [0.717, 1.165) is 11.1 Å². The van der Waals surface area contributed by atoms with Crippen molar-refractivity contribution in [3.63, 3.8) is 0 Å². The van der Waals surface area contributed by atoms with E-state index in [4.69, 9.17) is 4.74 Å². The summed E-state index contributed by atoms with van der Waals surface area (Å²) in [5, 5.41) is 5.51. The van der Waals surface area contributed by atoms with Crippen molar-refractivity contribution < 1.29 is 22.7 Å². The second-order valence-corrected chi connectivity index (χ2v) is 10.8. The highest BCUT2D eigenvalue weighted by Gasteiger charge is 2.22. The van der Waals surface area contributed by atoms with Gasteiger partial charge in [0.2, 0.25) is 5.91 Å². The van der Waals surface area contributed by atoms with Crippen LogP contribution in [-0.2, 0) is 32.4 Å². The van der Waals surface area contributed by atoms with E-state index >= 15 is 0 Å². The van der Waals surface area contributed by atoms with Gasteiger partial charge in [0.05, 0.1) is 4.90 Å². The number of hydrogen-bond donors (Lipinski definition) is 2. The summed E-state index contributed by atoms with van der Waals surface area (Å²) in [6.07, 6.45) is 0.746. The quantitative estimate of drug-likeness (QED) is 0.310. The fourth-order valence-electron chi connectivity index (χ4n) is 3.96. The normalized spacial score (nSPS) is 11.8. The van der Waals surface area contributed by atoms with Crippen molar-refractivity contribution in [1.29, 1.82) is 0 Å². The van der Waals surface area contributed by atoms with E-state index in [1.807, 2.05) is 60.7 Å². The molecule has 0 saturated carbocycles. The van der Waals surface area contributed by atoms with E-state index in [9.17, 15) is 18.0 Å². The fraction of sp³-hybridized carbons (Fsp3) is 0.133. The van der Waals surface area contributed by atoms with E-state index in [1.165, 1.54) is 6.26 Å². The summed E-state index contributed by atoms with van der Waals surface area (Å²) in [4.78, 5) is 26.0. The molecule has 2 N–H and O–H groups in total. The third-order valence-corrected chi connectivity index (χ3v) is 7.01. The van der Waals surface area contributed by atoms with Gasteiger partial charge in [-0.15, -0.1) is 0 Å². The summed E-state index contributed by atoms with van der Waals surface area (Å²) >= 11 is 0. The molecular formula is C30H28N2O5S. The van der Waals surface area contributed by atoms with Gasteiger partial charge in [0, 0.05) is 23.9 Å². The number of ether oxygens (including phenoxy) is 1. The van der Waals surface area contributed by atoms with Gasteiger partial charge < -0.3 is 15.4 Å². The molecule has 0 heterocycles. The lowest BCUT2D eigenvalue weighted by Gasteiger charge is -2.19. The van der Waals surface area contributed by atoms with Crippen LogP contribution in [0.2, 0.25) is 0 Å². The van der Waals surface area contributed by atoms with Gasteiger partial charge in [-0.05, 0) is 34.9 Å². The molecule has 8 heteroatoms. The highest BCUT2D eigenvalue weighted by atomic mass is 32.2. The second-order valence-electron chi connectivity index (χ2n) is 8.78. The number of alkyl carbamates (subject to hydrolysis) is 1. The Balaban J connectivity index is 1.47. The molecule has 4 aromatic carbocycles. The summed E-state index contributed by atoms with van der Waals surface area (Å²) < 4.78 is 29.7. The minimum absolute atomic E-state index is 0.0861. The highest BCUT2D eigenvalue weighted by molar-refractivity contribution is 7.90. The predicted octanol–water partition coefficient (Wildman–Crippen LogP) is 5.23. The molecular weight excluding hydrogens is 500 g/mol. The van der Waals surface area contributed by atoms with Gasteiger partial charge >= 0.3 is 6.09 Å². The van der Waals surface area contributed by atoms with Crippen molar-refractivity contribution in [2.24, 2.45) is 0 Å². The number of nitrogens with one attached hydrogen (secondary N) is 2. The van der Waals surface area contributed by atoms with Crippen molar-refractivity contribution in [3.05, 3.63) is 120 Å². The van der Waals surface area contributed by atoms with Crippen molar-refractivity contribution in [2.75, 3.05) is 11.6 Å². The van der Waals surface area contributed by atoms with Gasteiger partial charge in [-0.2, -0.15) is 0 Å². The van der Waals surface area contributed by atoms with Crippen molar-refractivity contribution in [1.82, 2.24) is 5.32 Å². The highest BCUT2D eigenvalue weighted by Crippen LogP contribution is 2.28. The molecule has 1 unspecified atom stereocenters. The Bertz CT molecular complexity index is 1490. The van der Waals surface area contributed by atoms with Gasteiger partial charge in [-0.25, -0.2) is 13.2 Å². The summed E-state index contributed by atoms with van der Waals surface area (Å²) in [5.74, 6) is -0.408. The first kappa shape index (κ1) is 26.6. The maximum atomic E-state index is 13.2. The zero-order valence-electron chi connectivity index (χ0n) is 20.8. The largest absolute Gasteiger partial charge is 0.445 e. The molecule has 0 aliphatic carbocycles. The Morgan fingerprint density at radius 1 is 0.763 bits per heavy atom. The van der Waals surface area contributed by atoms with E-state index in [2.05, 4.69) is 10.6 Å². The first-order valence-corrected chi connectivity index (χ1v) is 13.9. The summed E-state index contributed by atoms with van der Waals surface area (Å²) in [6.45, 7) is 0.0861. The fourth-order valence-corrected chi connectivity index (χ4v) is 4.87. The van der Waals surface area contributed by atoms with Crippen molar-refractivity contribution >= 4 is 27.5 Å². The molecule has 0 bridgehead atoms. The molecule has 0 aliphatic rings. The maximum Gasteiger partial charge on any atom is 0.408 e. The lowest BCUT2D eigenvalue weighted by atomic mass is 10.0. The smallest absolute Gasteiger partial charge is 0.408 e. The molecule has 0 aliphatic heterocycles. The predicted molar refractivity (Wildman–Crippen MR) is 147 cm³/mol. The minimum atomic E-state index is -3.41. The molecule has 7 nitrogen and oxygen atoms in total. The van der Waals surface area contributed by atoms with Crippen LogP contribution in [0.25, 0.3) is 11.1 Å². The number of rotatable bonds is 9. The average Bonchev–Trinajstić information content (AvgIpc) is 2.93. The third kappa shape index (κ3) is 7.30. The van der Waals surface area contributed by atoms with E-state index < -0.39 is 27.9 Å². The van der Waals surface area contributed by atoms with E-state index in [1.54, 1.807) is 48.5 Å². The molecule has 38 heavy (non-hydrogen) atoms. The van der Waals surface area contributed by atoms with Crippen LogP contribution in [0.5, 0.6) is 0 Å². The van der Waals surface area contributed by atoms with E-state index in [-0.39, 0.29) is 17.9 Å². The summed E-state index contributed by atoms with van der Waals surface area (Å²) in [6, 6.07) is 31.4. The summed E-state index contributed by atoms with van der Waals surface area (Å²) in [7, 11) is -3.41. The Labute approximate surface area is 222 Å². The van der Waals surface area contributed by atoms with Crippen LogP contribution in [0.4, 0.5) is 10.5 Å². The Kier molecular flexibility index (Phi) is 8.55. The third-order valence-electron chi connectivity index (χ3n) is 5.85. The van der Waals surface area contributed by atoms with Gasteiger partial charge in [-0.1, -0.05) is 91.0 Å². The molecule has 1 atom stereocenters. The van der Waals surface area contributed by atoms with Crippen LogP contribution in [-0.4, -0.2) is 32.7 Å². The Hall–Kier alpha value is -4.43. The Morgan fingerprint density at radius 3 is 1.97 bits per heavy atom. The van der Waals surface area contributed by atoms with Crippen LogP contribution in [0, 0.1) is 0 Å². The number of carbonyl (C=O) groups excluding carboxylic acids is 2. The van der Waals surface area contributed by atoms with Crippen molar-refractivity contribution in [2.45, 2.75) is 24.0 Å². The van der Waals surface area contributed by atoms with E-state index in [0.29, 0.717) is 16.8 Å². The monoisotopic (exact) mass is 528 g/mol. The lowest BCUT2D eigenvalue weighted by molar-refractivity contribution is -0.118. The standard InChI is InChI=1S/C30H28N2O5S/c1-38(35,36)28-15-9-8-14-26(28)24-16-18-25(19-17-24)31-29(33)27(20-22-10-4-2-5-11-22)32-30(34)37-21-23-12-6-3-7-13-23/h2-19,27H,20-21H2,1H3,(H,31,33)(H,32,34). The average molecular weight is 529 g/mol. The zero-order valence-corrected chi connectivity index (χ0v) is 21.6. The first-order valence-electron chi connectivity index (χ1n) is 12.0. The van der Waals surface area contributed by atoms with Crippen LogP contribution < -0.4 is 10.6 Å². The number of sulfone groups is 1. The molecule has 4 rings (SSSR count). The maximum absolute atomic E-state index is 13.2. The topological polar surface area (TPSA) is 102 Å². The number of benzene rings is 4. The van der Waals surface area contributed by atoms with Gasteiger partial charge in [0.25, 0.3) is 0 Å². The molecule has 0 radical (unpaired) electrons. The number of hydrogen-bond acceptors (Lipinski definition) is 5. The van der Waals surface area contributed by atoms with Gasteiger partial charge in [-0.3, -0.25) is 4.79 Å². The van der Waals surface area contributed by atoms with Crippen LogP contribution in [0.3, 0.4) is 0 Å². The number of amides is 2. The van der Waals surface area contributed by atoms with Crippen LogP contribution in [0.15, 0.2) is 114 Å². The summed E-state index contributed by atoms with van der Waals surface area (Å²) in [5.41, 5.74) is 3.51.